The molecule has 0 spiro atoms. The standard InChI is InChI=1S/C23H18N2O/c1-2-25-22-18-10-6-4-8-16(18)11-13-19(22)24-23(25)21-17-9-5-3-7-15(17)12-14-20(21)26/h3-14,26H,2H2,1H3. The molecule has 1 N–H and O–H groups in total. The van der Waals surface area contributed by atoms with Gasteiger partial charge in [0.2, 0.25) is 0 Å². The number of hydrogen-bond donors (Lipinski definition) is 1. The number of imidazole rings is 1. The predicted molar refractivity (Wildman–Crippen MR) is 108 cm³/mol. The number of phenols is 1. The predicted octanol–water partition coefficient (Wildman–Crippen LogP) is 5.74. The molecule has 0 bridgehead atoms. The Kier molecular flexibility index (Phi) is 3.22. The largest absolute Gasteiger partial charge is 0.507 e. The smallest absolute Gasteiger partial charge is 0.145 e. The fourth-order valence-electron chi connectivity index (χ4n) is 3.89. The maximum Gasteiger partial charge on any atom is 0.145 e. The fraction of sp³-hybridized carbons (Fsp3) is 0.0870. The summed E-state index contributed by atoms with van der Waals surface area (Å²) in [7, 11) is 0. The summed E-state index contributed by atoms with van der Waals surface area (Å²) in [5.74, 6) is 1.08. The molecular formula is C23H18N2O. The minimum Gasteiger partial charge on any atom is -0.507 e. The van der Waals surface area contributed by atoms with Crippen molar-refractivity contribution in [3.63, 3.8) is 0 Å². The van der Waals surface area contributed by atoms with Crippen LogP contribution >= 0.6 is 0 Å². The maximum atomic E-state index is 10.7. The second-order valence-corrected chi connectivity index (χ2v) is 6.51. The van der Waals surface area contributed by atoms with Gasteiger partial charge in [0.15, 0.2) is 0 Å². The Hall–Kier alpha value is -3.33. The third kappa shape index (κ3) is 2.04. The van der Waals surface area contributed by atoms with Gasteiger partial charge in [-0.1, -0.05) is 60.7 Å². The summed E-state index contributed by atoms with van der Waals surface area (Å²) in [5, 5.41) is 15.2. The molecule has 1 heterocycles. The van der Waals surface area contributed by atoms with E-state index in [4.69, 9.17) is 4.98 Å². The summed E-state index contributed by atoms with van der Waals surface area (Å²) in [4.78, 5) is 4.92. The van der Waals surface area contributed by atoms with Crippen LogP contribution in [0.3, 0.4) is 0 Å². The zero-order valence-electron chi connectivity index (χ0n) is 14.5. The molecule has 0 radical (unpaired) electrons. The van der Waals surface area contributed by atoms with Crippen molar-refractivity contribution < 1.29 is 5.11 Å². The molecule has 0 amide bonds. The first-order chi connectivity index (χ1) is 12.8. The second kappa shape index (κ2) is 5.60. The maximum absolute atomic E-state index is 10.7. The van der Waals surface area contributed by atoms with Crippen molar-refractivity contribution in [2.75, 3.05) is 0 Å². The Balaban J connectivity index is 1.95. The number of phenolic OH excluding ortho intramolecular Hbond substituents is 1. The number of aromatic hydroxyl groups is 1. The van der Waals surface area contributed by atoms with Crippen molar-refractivity contribution in [1.29, 1.82) is 0 Å². The highest BCUT2D eigenvalue weighted by atomic mass is 16.3. The van der Waals surface area contributed by atoms with E-state index in [1.807, 2.05) is 24.3 Å². The van der Waals surface area contributed by atoms with Gasteiger partial charge >= 0.3 is 0 Å². The lowest BCUT2D eigenvalue weighted by atomic mass is 10.0. The Morgan fingerprint density at radius 2 is 1.46 bits per heavy atom. The highest BCUT2D eigenvalue weighted by Crippen LogP contribution is 2.38. The first-order valence-corrected chi connectivity index (χ1v) is 8.87. The van der Waals surface area contributed by atoms with E-state index < -0.39 is 0 Å². The van der Waals surface area contributed by atoms with Crippen LogP contribution in [0.15, 0.2) is 72.8 Å². The summed E-state index contributed by atoms with van der Waals surface area (Å²) in [6, 6.07) is 24.4. The van der Waals surface area contributed by atoms with Crippen LogP contribution in [-0.2, 0) is 6.54 Å². The Bertz CT molecular complexity index is 1280. The van der Waals surface area contributed by atoms with Gasteiger partial charge in [-0.25, -0.2) is 4.98 Å². The lowest BCUT2D eigenvalue weighted by molar-refractivity contribution is 0.477. The summed E-state index contributed by atoms with van der Waals surface area (Å²) in [5.41, 5.74) is 2.87. The number of rotatable bonds is 2. The van der Waals surface area contributed by atoms with Gasteiger partial charge in [-0.2, -0.15) is 0 Å². The quantitative estimate of drug-likeness (QED) is 0.446. The number of hydrogen-bond acceptors (Lipinski definition) is 2. The summed E-state index contributed by atoms with van der Waals surface area (Å²) in [6.45, 7) is 2.90. The molecule has 3 nitrogen and oxygen atoms in total. The molecule has 0 saturated carbocycles. The van der Waals surface area contributed by atoms with E-state index in [1.54, 1.807) is 6.07 Å². The number of aromatic nitrogens is 2. The van der Waals surface area contributed by atoms with E-state index in [2.05, 4.69) is 54.0 Å². The van der Waals surface area contributed by atoms with Gasteiger partial charge in [0.1, 0.15) is 11.6 Å². The molecule has 0 atom stereocenters. The van der Waals surface area contributed by atoms with Crippen LogP contribution in [0.1, 0.15) is 6.92 Å². The molecule has 1 aromatic heterocycles. The molecule has 5 aromatic rings. The van der Waals surface area contributed by atoms with Gasteiger partial charge in [0, 0.05) is 11.9 Å². The summed E-state index contributed by atoms with van der Waals surface area (Å²) >= 11 is 0. The molecule has 5 rings (SSSR count). The number of benzene rings is 4. The average Bonchev–Trinajstić information content (AvgIpc) is 3.06. The number of fused-ring (bicyclic) bond motifs is 4. The van der Waals surface area contributed by atoms with Crippen molar-refractivity contribution >= 4 is 32.6 Å². The average molecular weight is 338 g/mol. The van der Waals surface area contributed by atoms with E-state index in [-0.39, 0.29) is 5.75 Å². The molecule has 0 aliphatic heterocycles. The van der Waals surface area contributed by atoms with Gasteiger partial charge in [0.25, 0.3) is 0 Å². The van der Waals surface area contributed by atoms with Crippen molar-refractivity contribution in [3.05, 3.63) is 72.8 Å². The van der Waals surface area contributed by atoms with Gasteiger partial charge in [0.05, 0.1) is 16.6 Å². The van der Waals surface area contributed by atoms with Crippen LogP contribution in [0.25, 0.3) is 44.0 Å². The van der Waals surface area contributed by atoms with Crippen LogP contribution in [0.2, 0.25) is 0 Å². The molecule has 26 heavy (non-hydrogen) atoms. The molecule has 3 heteroatoms. The van der Waals surface area contributed by atoms with E-state index in [0.717, 1.165) is 39.7 Å². The highest BCUT2D eigenvalue weighted by Gasteiger charge is 2.18. The van der Waals surface area contributed by atoms with Crippen LogP contribution in [0.5, 0.6) is 5.75 Å². The normalized spacial score (nSPS) is 11.6. The molecule has 0 fully saturated rings. The summed E-state index contributed by atoms with van der Waals surface area (Å²) in [6.07, 6.45) is 0. The Labute approximate surface area is 151 Å². The zero-order chi connectivity index (χ0) is 17.7. The highest BCUT2D eigenvalue weighted by molar-refractivity contribution is 6.07. The van der Waals surface area contributed by atoms with E-state index in [1.165, 1.54) is 10.8 Å². The van der Waals surface area contributed by atoms with Crippen molar-refractivity contribution in [3.8, 4) is 17.1 Å². The first-order valence-electron chi connectivity index (χ1n) is 8.87. The minimum atomic E-state index is 0.262. The van der Waals surface area contributed by atoms with Crippen molar-refractivity contribution in [2.24, 2.45) is 0 Å². The van der Waals surface area contributed by atoms with Crippen molar-refractivity contribution in [1.82, 2.24) is 9.55 Å². The lowest BCUT2D eigenvalue weighted by Gasteiger charge is -2.11. The third-order valence-corrected chi connectivity index (χ3v) is 5.08. The third-order valence-electron chi connectivity index (χ3n) is 5.08. The van der Waals surface area contributed by atoms with Gasteiger partial charge < -0.3 is 9.67 Å². The fourth-order valence-corrected chi connectivity index (χ4v) is 3.89. The SMILES string of the molecule is CCn1c(-c2c(O)ccc3ccccc23)nc2ccc3ccccc3c21. The first kappa shape index (κ1) is 15.0. The van der Waals surface area contributed by atoms with Crippen LogP contribution in [-0.4, -0.2) is 14.7 Å². The Morgan fingerprint density at radius 3 is 2.23 bits per heavy atom. The molecule has 0 saturated heterocycles. The second-order valence-electron chi connectivity index (χ2n) is 6.51. The molecule has 0 aliphatic carbocycles. The Morgan fingerprint density at radius 1 is 0.808 bits per heavy atom. The number of aryl methyl sites for hydroxylation is 1. The molecule has 4 aromatic carbocycles. The lowest BCUT2D eigenvalue weighted by Crippen LogP contribution is -1.99. The van der Waals surface area contributed by atoms with Crippen LogP contribution in [0, 0.1) is 0 Å². The van der Waals surface area contributed by atoms with Gasteiger partial charge in [-0.3, -0.25) is 0 Å². The summed E-state index contributed by atoms with van der Waals surface area (Å²) < 4.78 is 2.21. The van der Waals surface area contributed by atoms with Crippen LogP contribution < -0.4 is 0 Å². The topological polar surface area (TPSA) is 38.0 Å². The molecule has 0 aliphatic rings. The van der Waals surface area contributed by atoms with Gasteiger partial charge in [-0.05, 0) is 35.2 Å². The van der Waals surface area contributed by atoms with Gasteiger partial charge in [-0.15, -0.1) is 0 Å². The van der Waals surface area contributed by atoms with Crippen LogP contribution in [0.4, 0.5) is 0 Å². The monoisotopic (exact) mass is 338 g/mol. The molecule has 126 valence electrons. The molecule has 0 unspecified atom stereocenters. The molecular weight excluding hydrogens is 320 g/mol. The zero-order valence-corrected chi connectivity index (χ0v) is 14.5. The van der Waals surface area contributed by atoms with E-state index in [9.17, 15) is 5.11 Å². The van der Waals surface area contributed by atoms with E-state index >= 15 is 0 Å². The van der Waals surface area contributed by atoms with Crippen molar-refractivity contribution in [2.45, 2.75) is 13.5 Å². The number of nitrogens with zero attached hydrogens (tertiary/aromatic N) is 2. The minimum absolute atomic E-state index is 0.262. The van der Waals surface area contributed by atoms with E-state index in [0.29, 0.717) is 0 Å².